The van der Waals surface area contributed by atoms with Gasteiger partial charge in [0.25, 0.3) is 5.56 Å². The molecule has 3 heterocycles. The third-order valence-electron chi connectivity index (χ3n) is 3.00. The van der Waals surface area contributed by atoms with Crippen LogP contribution in [0.2, 0.25) is 0 Å². The Morgan fingerprint density at radius 3 is 2.94 bits per heavy atom. The van der Waals surface area contributed by atoms with Crippen LogP contribution in [-0.2, 0) is 4.74 Å². The SMILES string of the molecule is O=c1cccc2nc(C3CCOCC3)[nH]n12. The van der Waals surface area contributed by atoms with E-state index in [0.717, 1.165) is 31.9 Å². The Bertz CT molecular complexity index is 552. The van der Waals surface area contributed by atoms with Gasteiger partial charge in [-0.15, -0.1) is 0 Å². The lowest BCUT2D eigenvalue weighted by molar-refractivity contribution is 0.0836. The lowest BCUT2D eigenvalue weighted by atomic mass is 10.00. The summed E-state index contributed by atoms with van der Waals surface area (Å²) in [5.41, 5.74) is 0.623. The molecular formula is C11H13N3O2. The Balaban J connectivity index is 2.04. The van der Waals surface area contributed by atoms with Crippen molar-refractivity contribution in [2.75, 3.05) is 13.2 Å². The van der Waals surface area contributed by atoms with Crippen molar-refractivity contribution >= 4 is 5.65 Å². The average molecular weight is 219 g/mol. The molecule has 2 aromatic rings. The number of hydrogen-bond acceptors (Lipinski definition) is 3. The zero-order valence-electron chi connectivity index (χ0n) is 8.85. The summed E-state index contributed by atoms with van der Waals surface area (Å²) in [4.78, 5) is 16.0. The molecule has 5 nitrogen and oxygen atoms in total. The first-order valence-electron chi connectivity index (χ1n) is 5.50. The lowest BCUT2D eigenvalue weighted by Crippen LogP contribution is -2.16. The van der Waals surface area contributed by atoms with E-state index in [4.69, 9.17) is 4.74 Å². The highest BCUT2D eigenvalue weighted by atomic mass is 16.5. The fraction of sp³-hybridized carbons (Fsp3) is 0.455. The van der Waals surface area contributed by atoms with E-state index in [2.05, 4.69) is 10.1 Å². The van der Waals surface area contributed by atoms with Gasteiger partial charge in [0.1, 0.15) is 5.82 Å². The molecule has 2 aromatic heterocycles. The van der Waals surface area contributed by atoms with Crippen LogP contribution in [0.5, 0.6) is 0 Å². The summed E-state index contributed by atoms with van der Waals surface area (Å²) < 4.78 is 6.80. The Morgan fingerprint density at radius 2 is 2.19 bits per heavy atom. The zero-order valence-corrected chi connectivity index (χ0v) is 8.85. The van der Waals surface area contributed by atoms with Gasteiger partial charge >= 0.3 is 0 Å². The second-order valence-electron chi connectivity index (χ2n) is 4.05. The first-order chi connectivity index (χ1) is 7.84. The van der Waals surface area contributed by atoms with Crippen molar-refractivity contribution < 1.29 is 4.74 Å². The van der Waals surface area contributed by atoms with Gasteiger partial charge < -0.3 is 4.74 Å². The van der Waals surface area contributed by atoms with Gasteiger partial charge in [-0.05, 0) is 18.9 Å². The molecule has 0 aliphatic carbocycles. The summed E-state index contributed by atoms with van der Waals surface area (Å²) in [6, 6.07) is 5.09. The van der Waals surface area contributed by atoms with Crippen LogP contribution in [0.4, 0.5) is 0 Å². The second kappa shape index (κ2) is 3.75. The quantitative estimate of drug-likeness (QED) is 0.775. The van der Waals surface area contributed by atoms with E-state index in [1.807, 2.05) is 6.07 Å². The first-order valence-corrected chi connectivity index (χ1v) is 5.50. The van der Waals surface area contributed by atoms with E-state index >= 15 is 0 Å². The van der Waals surface area contributed by atoms with E-state index < -0.39 is 0 Å². The van der Waals surface area contributed by atoms with Crippen molar-refractivity contribution in [2.24, 2.45) is 0 Å². The number of nitrogens with zero attached hydrogens (tertiary/aromatic N) is 2. The van der Waals surface area contributed by atoms with Crippen LogP contribution in [-0.4, -0.2) is 27.8 Å². The highest BCUT2D eigenvalue weighted by Crippen LogP contribution is 2.23. The maximum atomic E-state index is 11.5. The highest BCUT2D eigenvalue weighted by molar-refractivity contribution is 5.36. The van der Waals surface area contributed by atoms with E-state index in [1.54, 1.807) is 6.07 Å². The van der Waals surface area contributed by atoms with Crippen LogP contribution in [0.1, 0.15) is 24.6 Å². The van der Waals surface area contributed by atoms with Crippen molar-refractivity contribution in [2.45, 2.75) is 18.8 Å². The Hall–Kier alpha value is -1.62. The normalized spacial score (nSPS) is 18.0. The number of aromatic nitrogens is 3. The summed E-state index contributed by atoms with van der Waals surface area (Å²) in [6.45, 7) is 1.55. The van der Waals surface area contributed by atoms with E-state index in [1.165, 1.54) is 10.6 Å². The van der Waals surface area contributed by atoms with Gasteiger partial charge in [0, 0.05) is 25.2 Å². The van der Waals surface area contributed by atoms with Crippen molar-refractivity contribution in [1.29, 1.82) is 0 Å². The molecule has 5 heteroatoms. The molecule has 16 heavy (non-hydrogen) atoms. The monoisotopic (exact) mass is 219 g/mol. The third kappa shape index (κ3) is 1.53. The predicted molar refractivity (Wildman–Crippen MR) is 58.6 cm³/mol. The zero-order chi connectivity index (χ0) is 11.0. The van der Waals surface area contributed by atoms with Crippen molar-refractivity contribution in [3.63, 3.8) is 0 Å². The first kappa shape index (κ1) is 9.59. The second-order valence-corrected chi connectivity index (χ2v) is 4.05. The minimum atomic E-state index is -0.0664. The van der Waals surface area contributed by atoms with Gasteiger partial charge in [0.2, 0.25) is 0 Å². The van der Waals surface area contributed by atoms with Crippen LogP contribution >= 0.6 is 0 Å². The van der Waals surface area contributed by atoms with Gasteiger partial charge in [-0.2, -0.15) is 0 Å². The number of rotatable bonds is 1. The summed E-state index contributed by atoms with van der Waals surface area (Å²) in [6.07, 6.45) is 1.93. The molecule has 0 bridgehead atoms. The Kier molecular flexibility index (Phi) is 2.25. The molecule has 84 valence electrons. The number of nitrogens with one attached hydrogen (secondary N) is 1. The third-order valence-corrected chi connectivity index (χ3v) is 3.00. The van der Waals surface area contributed by atoms with Crippen molar-refractivity contribution in [3.05, 3.63) is 34.4 Å². The van der Waals surface area contributed by atoms with E-state index in [0.29, 0.717) is 11.6 Å². The minimum Gasteiger partial charge on any atom is -0.381 e. The molecule has 0 amide bonds. The maximum Gasteiger partial charge on any atom is 0.271 e. The topological polar surface area (TPSA) is 59.4 Å². The van der Waals surface area contributed by atoms with Gasteiger partial charge in [-0.25, -0.2) is 9.50 Å². The Morgan fingerprint density at radius 1 is 1.38 bits per heavy atom. The predicted octanol–water partition coefficient (Wildman–Crippen LogP) is 0.917. The molecular weight excluding hydrogens is 206 g/mol. The fourth-order valence-electron chi connectivity index (χ4n) is 2.09. The van der Waals surface area contributed by atoms with E-state index in [-0.39, 0.29) is 5.56 Å². The summed E-state index contributed by atoms with van der Waals surface area (Å²) in [5, 5.41) is 3.07. The van der Waals surface area contributed by atoms with Crippen LogP contribution in [0.15, 0.2) is 23.0 Å². The maximum absolute atomic E-state index is 11.5. The summed E-state index contributed by atoms with van der Waals surface area (Å²) in [7, 11) is 0. The summed E-state index contributed by atoms with van der Waals surface area (Å²) in [5.74, 6) is 1.28. The molecule has 1 aliphatic rings. The molecule has 3 rings (SSSR count). The average Bonchev–Trinajstić information content (AvgIpc) is 2.76. The number of aromatic amines is 1. The highest BCUT2D eigenvalue weighted by Gasteiger charge is 2.19. The molecule has 1 aliphatic heterocycles. The number of ether oxygens (including phenoxy) is 1. The molecule has 0 saturated carbocycles. The van der Waals surface area contributed by atoms with Crippen LogP contribution < -0.4 is 5.56 Å². The van der Waals surface area contributed by atoms with Crippen LogP contribution in [0.25, 0.3) is 5.65 Å². The van der Waals surface area contributed by atoms with Crippen molar-refractivity contribution in [3.8, 4) is 0 Å². The van der Waals surface area contributed by atoms with Crippen LogP contribution in [0, 0.1) is 0 Å². The van der Waals surface area contributed by atoms with Gasteiger partial charge in [-0.1, -0.05) is 6.07 Å². The van der Waals surface area contributed by atoms with Gasteiger partial charge in [0.05, 0.1) is 0 Å². The molecule has 1 fully saturated rings. The number of hydrogen-bond donors (Lipinski definition) is 1. The molecule has 0 spiro atoms. The molecule has 1 N–H and O–H groups in total. The van der Waals surface area contributed by atoms with Gasteiger partial charge in [-0.3, -0.25) is 9.89 Å². The molecule has 1 saturated heterocycles. The lowest BCUT2D eigenvalue weighted by Gasteiger charge is -2.19. The van der Waals surface area contributed by atoms with E-state index in [9.17, 15) is 4.79 Å². The molecule has 0 unspecified atom stereocenters. The van der Waals surface area contributed by atoms with Crippen molar-refractivity contribution in [1.82, 2.24) is 14.6 Å². The standard InChI is InChI=1S/C11H13N3O2/c15-10-3-1-2-9-12-11(13-14(9)10)8-4-6-16-7-5-8/h1-3,8H,4-7H2,(H,12,13). The minimum absolute atomic E-state index is 0.0664. The van der Waals surface area contributed by atoms with Crippen LogP contribution in [0.3, 0.4) is 0 Å². The molecule has 0 aromatic carbocycles. The smallest absolute Gasteiger partial charge is 0.271 e. The Labute approximate surface area is 92.1 Å². The number of H-pyrrole nitrogens is 1. The fourth-order valence-corrected chi connectivity index (χ4v) is 2.09. The number of pyridine rings is 1. The van der Waals surface area contributed by atoms with Gasteiger partial charge in [0.15, 0.2) is 5.65 Å². The molecule has 0 radical (unpaired) electrons. The largest absolute Gasteiger partial charge is 0.381 e. The molecule has 0 atom stereocenters. The summed E-state index contributed by atoms with van der Waals surface area (Å²) >= 11 is 0. The number of fused-ring (bicyclic) bond motifs is 1.